The average molecular weight is 265 g/mol. The van der Waals surface area contributed by atoms with Gasteiger partial charge in [-0.2, -0.15) is 5.26 Å². The first-order valence-corrected chi connectivity index (χ1v) is 6.59. The SMILES string of the molecule is COC1CCC(Nc2ccc(C#N)cc2Cl)CC1. The van der Waals surface area contributed by atoms with E-state index < -0.39 is 0 Å². The van der Waals surface area contributed by atoms with Gasteiger partial charge in [-0.15, -0.1) is 0 Å². The highest BCUT2D eigenvalue weighted by Crippen LogP contribution is 2.28. The number of ether oxygens (including phenoxy) is 1. The minimum absolute atomic E-state index is 0.402. The highest BCUT2D eigenvalue weighted by atomic mass is 35.5. The van der Waals surface area contributed by atoms with E-state index in [-0.39, 0.29) is 0 Å². The van der Waals surface area contributed by atoms with E-state index in [1.807, 2.05) is 6.07 Å². The van der Waals surface area contributed by atoms with Crippen molar-refractivity contribution < 1.29 is 4.74 Å². The molecule has 18 heavy (non-hydrogen) atoms. The predicted molar refractivity (Wildman–Crippen MR) is 72.8 cm³/mol. The first-order chi connectivity index (χ1) is 8.72. The third-order valence-corrected chi connectivity index (χ3v) is 3.78. The van der Waals surface area contributed by atoms with Gasteiger partial charge in [0.25, 0.3) is 0 Å². The summed E-state index contributed by atoms with van der Waals surface area (Å²) < 4.78 is 5.35. The van der Waals surface area contributed by atoms with Crippen LogP contribution in [0.3, 0.4) is 0 Å². The van der Waals surface area contributed by atoms with Crippen molar-refractivity contribution in [2.45, 2.75) is 37.8 Å². The number of hydrogen-bond acceptors (Lipinski definition) is 3. The van der Waals surface area contributed by atoms with Crippen LogP contribution in [0.4, 0.5) is 5.69 Å². The molecule has 1 aliphatic carbocycles. The molecule has 0 atom stereocenters. The van der Waals surface area contributed by atoms with E-state index in [0.717, 1.165) is 31.4 Å². The van der Waals surface area contributed by atoms with Gasteiger partial charge in [0, 0.05) is 13.2 Å². The van der Waals surface area contributed by atoms with Crippen LogP contribution >= 0.6 is 11.6 Å². The maximum atomic E-state index is 8.79. The Morgan fingerprint density at radius 2 is 2.06 bits per heavy atom. The molecule has 0 aromatic heterocycles. The van der Waals surface area contributed by atoms with Gasteiger partial charge >= 0.3 is 0 Å². The summed E-state index contributed by atoms with van der Waals surface area (Å²) in [4.78, 5) is 0. The Hall–Kier alpha value is -1.24. The number of nitriles is 1. The van der Waals surface area contributed by atoms with Crippen molar-refractivity contribution >= 4 is 17.3 Å². The Balaban J connectivity index is 1.96. The molecule has 0 aliphatic heterocycles. The highest BCUT2D eigenvalue weighted by molar-refractivity contribution is 6.33. The van der Waals surface area contributed by atoms with Crippen LogP contribution in [-0.2, 0) is 4.74 Å². The van der Waals surface area contributed by atoms with Crippen LogP contribution in [0, 0.1) is 11.3 Å². The molecule has 2 rings (SSSR count). The van der Waals surface area contributed by atoms with Gasteiger partial charge in [0.15, 0.2) is 0 Å². The lowest BCUT2D eigenvalue weighted by Crippen LogP contribution is -2.29. The van der Waals surface area contributed by atoms with Crippen molar-refractivity contribution in [1.29, 1.82) is 5.26 Å². The third kappa shape index (κ3) is 3.16. The maximum absolute atomic E-state index is 8.79. The zero-order valence-electron chi connectivity index (χ0n) is 10.4. The van der Waals surface area contributed by atoms with Gasteiger partial charge in [0.2, 0.25) is 0 Å². The standard InChI is InChI=1S/C14H17ClN2O/c1-18-12-5-3-11(4-6-12)17-14-7-2-10(9-16)8-13(14)15/h2,7-8,11-12,17H,3-6H2,1H3. The summed E-state index contributed by atoms with van der Waals surface area (Å²) in [5.74, 6) is 0. The largest absolute Gasteiger partial charge is 0.381 e. The Labute approximate surface area is 113 Å². The van der Waals surface area contributed by atoms with Crippen LogP contribution in [-0.4, -0.2) is 19.3 Å². The lowest BCUT2D eigenvalue weighted by molar-refractivity contribution is 0.0682. The predicted octanol–water partition coefficient (Wildman–Crippen LogP) is 3.58. The molecule has 1 aliphatic rings. The molecule has 3 nitrogen and oxygen atoms in total. The van der Waals surface area contributed by atoms with Gasteiger partial charge in [-0.05, 0) is 43.9 Å². The molecule has 0 unspecified atom stereocenters. The smallest absolute Gasteiger partial charge is 0.0992 e. The van der Waals surface area contributed by atoms with E-state index in [1.165, 1.54) is 0 Å². The molecule has 4 heteroatoms. The van der Waals surface area contributed by atoms with Crippen LogP contribution < -0.4 is 5.32 Å². The molecule has 1 fully saturated rings. The monoisotopic (exact) mass is 264 g/mol. The fourth-order valence-electron chi connectivity index (χ4n) is 2.36. The van der Waals surface area contributed by atoms with Crippen LogP contribution in [0.5, 0.6) is 0 Å². The van der Waals surface area contributed by atoms with Crippen LogP contribution in [0.15, 0.2) is 18.2 Å². The normalized spacial score (nSPS) is 23.4. The number of anilines is 1. The topological polar surface area (TPSA) is 45.0 Å². The molecule has 1 saturated carbocycles. The Morgan fingerprint density at radius 1 is 1.33 bits per heavy atom. The maximum Gasteiger partial charge on any atom is 0.0992 e. The quantitative estimate of drug-likeness (QED) is 0.908. The molecule has 96 valence electrons. The van der Waals surface area contributed by atoms with Gasteiger partial charge in [0.05, 0.1) is 28.4 Å². The Kier molecular flexibility index (Phi) is 4.46. The first-order valence-electron chi connectivity index (χ1n) is 6.22. The molecule has 1 aromatic carbocycles. The minimum Gasteiger partial charge on any atom is -0.381 e. The summed E-state index contributed by atoms with van der Waals surface area (Å²) in [6.07, 6.45) is 4.76. The number of methoxy groups -OCH3 is 1. The molecule has 1 N–H and O–H groups in total. The minimum atomic E-state index is 0.402. The molecular weight excluding hydrogens is 248 g/mol. The number of hydrogen-bond donors (Lipinski definition) is 1. The fraction of sp³-hybridized carbons (Fsp3) is 0.500. The highest BCUT2D eigenvalue weighted by Gasteiger charge is 2.21. The van der Waals surface area contributed by atoms with Gasteiger partial charge in [0.1, 0.15) is 0 Å². The van der Waals surface area contributed by atoms with Gasteiger partial charge < -0.3 is 10.1 Å². The first kappa shape index (κ1) is 13.2. The third-order valence-electron chi connectivity index (χ3n) is 3.47. The van der Waals surface area contributed by atoms with Gasteiger partial charge in [-0.25, -0.2) is 0 Å². The zero-order valence-corrected chi connectivity index (χ0v) is 11.2. The summed E-state index contributed by atoms with van der Waals surface area (Å²) in [7, 11) is 1.77. The van der Waals surface area contributed by atoms with E-state index in [2.05, 4.69) is 11.4 Å². The molecule has 0 amide bonds. The molecule has 0 saturated heterocycles. The molecule has 0 spiro atoms. The van der Waals surface area contributed by atoms with Crippen LogP contribution in [0.25, 0.3) is 0 Å². The lowest BCUT2D eigenvalue weighted by atomic mass is 9.93. The number of benzene rings is 1. The summed E-state index contributed by atoms with van der Waals surface area (Å²) in [5.41, 5.74) is 1.50. The van der Waals surface area contributed by atoms with Gasteiger partial charge in [-0.3, -0.25) is 0 Å². The summed E-state index contributed by atoms with van der Waals surface area (Å²) in [6.45, 7) is 0. The molecule has 0 heterocycles. The summed E-state index contributed by atoms with van der Waals surface area (Å²) >= 11 is 6.15. The van der Waals surface area contributed by atoms with E-state index in [9.17, 15) is 0 Å². The van der Waals surface area contributed by atoms with Crippen molar-refractivity contribution in [3.05, 3.63) is 28.8 Å². The fourth-order valence-corrected chi connectivity index (χ4v) is 2.60. The number of halogens is 1. The number of nitrogens with zero attached hydrogens (tertiary/aromatic N) is 1. The van der Waals surface area contributed by atoms with Crippen molar-refractivity contribution in [2.75, 3.05) is 12.4 Å². The van der Waals surface area contributed by atoms with E-state index in [4.69, 9.17) is 21.6 Å². The number of rotatable bonds is 3. The summed E-state index contributed by atoms with van der Waals surface area (Å²) in [6, 6.07) is 7.89. The lowest BCUT2D eigenvalue weighted by Gasteiger charge is -2.29. The van der Waals surface area contributed by atoms with Crippen molar-refractivity contribution in [1.82, 2.24) is 0 Å². The number of nitrogens with one attached hydrogen (secondary N) is 1. The van der Waals surface area contributed by atoms with E-state index in [1.54, 1.807) is 19.2 Å². The second-order valence-corrected chi connectivity index (χ2v) is 5.07. The second kappa shape index (κ2) is 6.08. The van der Waals surface area contributed by atoms with E-state index >= 15 is 0 Å². The molecule has 1 aromatic rings. The summed E-state index contributed by atoms with van der Waals surface area (Å²) in [5, 5.41) is 12.8. The van der Waals surface area contributed by atoms with Crippen LogP contribution in [0.2, 0.25) is 5.02 Å². The Bertz CT molecular complexity index is 448. The van der Waals surface area contributed by atoms with Crippen LogP contribution in [0.1, 0.15) is 31.2 Å². The molecule has 0 radical (unpaired) electrons. The average Bonchev–Trinajstić information content (AvgIpc) is 2.42. The van der Waals surface area contributed by atoms with Gasteiger partial charge in [-0.1, -0.05) is 11.6 Å². The zero-order chi connectivity index (χ0) is 13.0. The Morgan fingerprint density at radius 3 is 2.61 bits per heavy atom. The van der Waals surface area contributed by atoms with Crippen molar-refractivity contribution in [3.63, 3.8) is 0 Å². The second-order valence-electron chi connectivity index (χ2n) is 4.66. The molecule has 0 bridgehead atoms. The van der Waals surface area contributed by atoms with E-state index in [0.29, 0.717) is 22.7 Å². The van der Waals surface area contributed by atoms with Crippen molar-refractivity contribution in [3.8, 4) is 6.07 Å². The molecular formula is C14H17ClN2O. The van der Waals surface area contributed by atoms with Crippen molar-refractivity contribution in [2.24, 2.45) is 0 Å².